The van der Waals surface area contributed by atoms with E-state index in [2.05, 4.69) is 10.5 Å². The monoisotopic (exact) mass is 361 g/mol. The van der Waals surface area contributed by atoms with E-state index >= 15 is 0 Å². The minimum absolute atomic E-state index is 0.131. The van der Waals surface area contributed by atoms with Gasteiger partial charge in [0, 0.05) is 29.7 Å². The molecular weight excluding hydrogens is 334 g/mol. The van der Waals surface area contributed by atoms with Gasteiger partial charge in [-0.25, -0.2) is 0 Å². The van der Waals surface area contributed by atoms with Crippen LogP contribution in [0.25, 0.3) is 0 Å². The SMILES string of the molecule is COc1ccc(CN(C)CC(=O)Nc2cc(C(C)(C)C)no2)c(OC)c1. The summed E-state index contributed by atoms with van der Waals surface area (Å²) in [5, 5.41) is 6.73. The van der Waals surface area contributed by atoms with Crippen LogP contribution in [-0.2, 0) is 16.8 Å². The highest BCUT2D eigenvalue weighted by atomic mass is 16.5. The maximum atomic E-state index is 12.2. The van der Waals surface area contributed by atoms with Gasteiger partial charge in [0.15, 0.2) is 0 Å². The highest BCUT2D eigenvalue weighted by Crippen LogP contribution is 2.26. The zero-order valence-corrected chi connectivity index (χ0v) is 16.3. The van der Waals surface area contributed by atoms with E-state index < -0.39 is 0 Å². The fourth-order valence-corrected chi connectivity index (χ4v) is 2.44. The van der Waals surface area contributed by atoms with Gasteiger partial charge in [-0.15, -0.1) is 0 Å². The summed E-state index contributed by atoms with van der Waals surface area (Å²) in [7, 11) is 5.09. The molecule has 1 N–H and O–H groups in total. The molecule has 142 valence electrons. The number of hydrogen-bond acceptors (Lipinski definition) is 6. The third kappa shape index (κ3) is 5.23. The second kappa shape index (κ2) is 8.23. The summed E-state index contributed by atoms with van der Waals surface area (Å²) in [6.07, 6.45) is 0. The molecule has 0 aliphatic rings. The van der Waals surface area contributed by atoms with Gasteiger partial charge < -0.3 is 14.0 Å². The van der Waals surface area contributed by atoms with Gasteiger partial charge in [0.05, 0.1) is 26.5 Å². The van der Waals surface area contributed by atoms with E-state index in [0.29, 0.717) is 12.4 Å². The molecular formula is C19H27N3O4. The van der Waals surface area contributed by atoms with E-state index in [1.807, 2.05) is 50.9 Å². The second-order valence-electron chi connectivity index (χ2n) is 7.22. The van der Waals surface area contributed by atoms with E-state index in [-0.39, 0.29) is 17.9 Å². The number of benzene rings is 1. The summed E-state index contributed by atoms with van der Waals surface area (Å²) in [6.45, 7) is 6.87. The lowest BCUT2D eigenvalue weighted by atomic mass is 9.92. The standard InChI is InChI=1S/C19H27N3O4/c1-19(2,3)16-10-18(26-21-16)20-17(23)12-22(4)11-13-7-8-14(24-5)9-15(13)25-6/h7-10H,11-12H2,1-6H3,(H,20,23). The van der Waals surface area contributed by atoms with Gasteiger partial charge in [-0.2, -0.15) is 0 Å². The normalized spacial score (nSPS) is 11.5. The van der Waals surface area contributed by atoms with Gasteiger partial charge in [0.25, 0.3) is 0 Å². The molecule has 7 nitrogen and oxygen atoms in total. The first-order valence-electron chi connectivity index (χ1n) is 8.39. The molecule has 1 aromatic heterocycles. The van der Waals surface area contributed by atoms with Crippen molar-refractivity contribution in [2.75, 3.05) is 33.1 Å². The average molecular weight is 361 g/mol. The van der Waals surface area contributed by atoms with Crippen molar-refractivity contribution in [3.8, 4) is 11.5 Å². The van der Waals surface area contributed by atoms with Crippen molar-refractivity contribution in [2.45, 2.75) is 32.7 Å². The topological polar surface area (TPSA) is 76.8 Å². The van der Waals surface area contributed by atoms with Crippen LogP contribution in [0, 0.1) is 0 Å². The van der Waals surface area contributed by atoms with Crippen LogP contribution >= 0.6 is 0 Å². The minimum atomic E-state index is -0.170. The number of aromatic nitrogens is 1. The molecule has 0 saturated heterocycles. The number of hydrogen-bond donors (Lipinski definition) is 1. The summed E-state index contributed by atoms with van der Waals surface area (Å²) in [4.78, 5) is 14.1. The maximum absolute atomic E-state index is 12.2. The molecule has 1 amide bonds. The van der Waals surface area contributed by atoms with Crippen LogP contribution < -0.4 is 14.8 Å². The van der Waals surface area contributed by atoms with Gasteiger partial charge in [0.2, 0.25) is 11.8 Å². The first kappa shape index (κ1) is 19.8. The number of rotatable bonds is 7. The second-order valence-corrected chi connectivity index (χ2v) is 7.22. The lowest BCUT2D eigenvalue weighted by Gasteiger charge is -2.18. The van der Waals surface area contributed by atoms with Gasteiger partial charge in [-0.3, -0.25) is 15.0 Å². The molecule has 0 aliphatic carbocycles. The summed E-state index contributed by atoms with van der Waals surface area (Å²) in [5.41, 5.74) is 1.64. The summed E-state index contributed by atoms with van der Waals surface area (Å²) in [6, 6.07) is 7.38. The molecule has 0 unspecified atom stereocenters. The first-order valence-corrected chi connectivity index (χ1v) is 8.39. The third-order valence-corrected chi connectivity index (χ3v) is 3.89. The molecule has 0 fully saturated rings. The Morgan fingerprint density at radius 3 is 2.54 bits per heavy atom. The van der Waals surface area contributed by atoms with E-state index in [1.54, 1.807) is 20.3 Å². The average Bonchev–Trinajstić information content (AvgIpc) is 3.03. The van der Waals surface area contributed by atoms with E-state index in [4.69, 9.17) is 14.0 Å². The van der Waals surface area contributed by atoms with Crippen molar-refractivity contribution in [3.05, 3.63) is 35.5 Å². The number of amides is 1. The molecule has 1 aromatic carbocycles. The van der Waals surface area contributed by atoms with Crippen LogP contribution in [0.1, 0.15) is 32.0 Å². The van der Waals surface area contributed by atoms with Crippen LogP contribution in [0.5, 0.6) is 11.5 Å². The van der Waals surface area contributed by atoms with Crippen LogP contribution in [0.3, 0.4) is 0 Å². The van der Waals surface area contributed by atoms with Crippen molar-refractivity contribution >= 4 is 11.8 Å². The Morgan fingerprint density at radius 1 is 1.23 bits per heavy atom. The Bertz CT molecular complexity index is 749. The fourth-order valence-electron chi connectivity index (χ4n) is 2.44. The smallest absolute Gasteiger partial charge is 0.240 e. The summed E-state index contributed by atoms with van der Waals surface area (Å²) in [5.74, 6) is 1.64. The quantitative estimate of drug-likeness (QED) is 0.817. The Labute approximate surface area is 154 Å². The largest absolute Gasteiger partial charge is 0.497 e. The van der Waals surface area contributed by atoms with Gasteiger partial charge in [0.1, 0.15) is 11.5 Å². The number of methoxy groups -OCH3 is 2. The number of anilines is 1. The third-order valence-electron chi connectivity index (χ3n) is 3.89. The Kier molecular flexibility index (Phi) is 6.26. The Balaban J connectivity index is 1.94. The van der Waals surface area contributed by atoms with Crippen molar-refractivity contribution in [3.63, 3.8) is 0 Å². The van der Waals surface area contributed by atoms with Crippen molar-refractivity contribution in [1.82, 2.24) is 10.1 Å². The predicted molar refractivity (Wildman–Crippen MR) is 99.7 cm³/mol. The van der Waals surface area contributed by atoms with Crippen LogP contribution in [0.15, 0.2) is 28.8 Å². The van der Waals surface area contributed by atoms with Crippen molar-refractivity contribution in [2.24, 2.45) is 0 Å². The molecule has 0 radical (unpaired) electrons. The Morgan fingerprint density at radius 2 is 1.96 bits per heavy atom. The van der Waals surface area contributed by atoms with Crippen molar-refractivity contribution < 1.29 is 18.8 Å². The first-order chi connectivity index (χ1) is 12.2. The van der Waals surface area contributed by atoms with Gasteiger partial charge >= 0.3 is 0 Å². The zero-order valence-electron chi connectivity index (χ0n) is 16.3. The zero-order chi connectivity index (χ0) is 19.3. The molecule has 0 atom stereocenters. The summed E-state index contributed by atoms with van der Waals surface area (Å²) >= 11 is 0. The predicted octanol–water partition coefficient (Wildman–Crippen LogP) is 3.06. The molecule has 0 spiro atoms. The molecule has 1 heterocycles. The number of carbonyl (C=O) groups is 1. The molecule has 2 rings (SSSR count). The molecule has 0 bridgehead atoms. The highest BCUT2D eigenvalue weighted by molar-refractivity contribution is 5.90. The van der Waals surface area contributed by atoms with E-state index in [9.17, 15) is 4.79 Å². The summed E-state index contributed by atoms with van der Waals surface area (Å²) < 4.78 is 15.8. The molecule has 0 aliphatic heterocycles. The lowest BCUT2D eigenvalue weighted by molar-refractivity contribution is -0.117. The number of nitrogens with zero attached hydrogens (tertiary/aromatic N) is 2. The van der Waals surface area contributed by atoms with Crippen LogP contribution in [0.2, 0.25) is 0 Å². The molecule has 2 aromatic rings. The number of ether oxygens (including phenoxy) is 2. The lowest BCUT2D eigenvalue weighted by Crippen LogP contribution is -2.29. The number of nitrogens with one attached hydrogen (secondary N) is 1. The van der Waals surface area contributed by atoms with Crippen LogP contribution in [0.4, 0.5) is 5.88 Å². The Hall–Kier alpha value is -2.54. The molecule has 7 heteroatoms. The van der Waals surface area contributed by atoms with Crippen molar-refractivity contribution in [1.29, 1.82) is 0 Å². The minimum Gasteiger partial charge on any atom is -0.497 e. The van der Waals surface area contributed by atoms with E-state index in [0.717, 1.165) is 22.8 Å². The number of likely N-dealkylation sites (N-methyl/N-ethyl adjacent to an activating group) is 1. The molecule has 0 saturated carbocycles. The fraction of sp³-hybridized carbons (Fsp3) is 0.474. The van der Waals surface area contributed by atoms with E-state index in [1.165, 1.54) is 0 Å². The maximum Gasteiger partial charge on any atom is 0.240 e. The van der Waals surface area contributed by atoms with Gasteiger partial charge in [-0.05, 0) is 13.1 Å². The molecule has 26 heavy (non-hydrogen) atoms. The van der Waals surface area contributed by atoms with Gasteiger partial charge in [-0.1, -0.05) is 32.0 Å². The van der Waals surface area contributed by atoms with Crippen LogP contribution in [-0.4, -0.2) is 43.8 Å². The number of carbonyl (C=O) groups excluding carboxylic acids is 1. The highest BCUT2D eigenvalue weighted by Gasteiger charge is 2.20.